The normalized spacial score (nSPS) is 9.40. The van der Waals surface area contributed by atoms with E-state index in [9.17, 15) is 9.36 Å². The molecule has 4 N–H and O–H groups in total. The van der Waals surface area contributed by atoms with Gasteiger partial charge in [0.05, 0.1) is 0 Å². The van der Waals surface area contributed by atoms with Gasteiger partial charge in [-0.05, 0) is 0 Å². The van der Waals surface area contributed by atoms with Crippen molar-refractivity contribution in [2.75, 3.05) is 0 Å². The lowest BCUT2D eigenvalue weighted by atomic mass is 10.7. The topological polar surface area (TPSA) is 115 Å². The van der Waals surface area contributed by atoms with Crippen molar-refractivity contribution < 1.29 is 29.1 Å². The van der Waals surface area contributed by atoms with Crippen molar-refractivity contribution in [3.05, 3.63) is 12.7 Å². The Kier molecular flexibility index (Phi) is 5.04. The molecule has 0 rings (SSSR count). The molecule has 0 bridgehead atoms. The number of phosphoric ester groups is 1. The number of hydrogen-bond acceptors (Lipinski definition) is 3. The first-order valence-corrected chi connectivity index (χ1v) is 3.40. The maximum atomic E-state index is 9.99. The van der Waals surface area contributed by atoms with E-state index in [0.717, 1.165) is 0 Å². The van der Waals surface area contributed by atoms with Crippen molar-refractivity contribution in [2.24, 2.45) is 0 Å². The van der Waals surface area contributed by atoms with Gasteiger partial charge in [-0.2, -0.15) is 0 Å². The van der Waals surface area contributed by atoms with Crippen LogP contribution in [0.3, 0.4) is 0 Å². The Morgan fingerprint density at radius 1 is 1.60 bits per heavy atom. The predicted molar refractivity (Wildman–Crippen MR) is 31.9 cm³/mol. The molecular weight excluding hydrogens is 163 g/mol. The van der Waals surface area contributed by atoms with E-state index in [1.165, 1.54) is 0 Å². The molecular formula is C3H7O6P. The van der Waals surface area contributed by atoms with Crippen LogP contribution in [0.2, 0.25) is 0 Å². The van der Waals surface area contributed by atoms with Gasteiger partial charge in [0.2, 0.25) is 0 Å². The molecule has 60 valence electrons. The van der Waals surface area contributed by atoms with Crippen LogP contribution in [0, 0.1) is 0 Å². The summed E-state index contributed by atoms with van der Waals surface area (Å²) in [6.45, 7) is 2.93. The second-order valence-electron chi connectivity index (χ2n) is 1.11. The van der Waals surface area contributed by atoms with Crippen LogP contribution in [-0.2, 0) is 13.9 Å². The van der Waals surface area contributed by atoms with Crippen molar-refractivity contribution in [3.63, 3.8) is 0 Å². The van der Waals surface area contributed by atoms with E-state index in [-0.39, 0.29) is 5.48 Å². The minimum absolute atomic E-state index is 0. The lowest BCUT2D eigenvalue weighted by Crippen LogP contribution is -1.96. The summed E-state index contributed by atoms with van der Waals surface area (Å²) in [6, 6.07) is 0. The highest BCUT2D eigenvalue weighted by Crippen LogP contribution is 2.35. The second kappa shape index (κ2) is 4.19. The van der Waals surface area contributed by atoms with Crippen LogP contribution in [0.4, 0.5) is 0 Å². The Bertz CT molecular complexity index is 168. The van der Waals surface area contributed by atoms with E-state index in [4.69, 9.17) is 9.79 Å². The first kappa shape index (κ1) is 12.0. The molecule has 0 aliphatic rings. The van der Waals surface area contributed by atoms with Gasteiger partial charge in [-0.3, -0.25) is 9.79 Å². The summed E-state index contributed by atoms with van der Waals surface area (Å²) < 4.78 is 13.3. The smallest absolute Gasteiger partial charge is 0.412 e. The lowest BCUT2D eigenvalue weighted by Gasteiger charge is -1.99. The third-order valence-corrected chi connectivity index (χ3v) is 0.793. The Labute approximate surface area is 56.7 Å². The summed E-state index contributed by atoms with van der Waals surface area (Å²) in [6.07, 6.45) is 0.666. The molecule has 0 radical (unpaired) electrons. The molecule has 0 atom stereocenters. The zero-order valence-electron chi connectivity index (χ0n) is 4.85. The van der Waals surface area contributed by atoms with Gasteiger partial charge in [0.15, 0.2) is 0 Å². The fourth-order valence-corrected chi connectivity index (χ4v) is 0.463. The number of phosphoric acid groups is 1. The summed E-state index contributed by atoms with van der Waals surface area (Å²) >= 11 is 0. The zero-order valence-corrected chi connectivity index (χ0v) is 5.75. The molecule has 6 nitrogen and oxygen atoms in total. The Hall–Kier alpha value is -0.680. The molecule has 0 aromatic heterocycles. The number of carbonyl (C=O) groups is 1. The highest BCUT2D eigenvalue weighted by Gasteiger charge is 2.17. The Morgan fingerprint density at radius 3 is 2.10 bits per heavy atom. The fraction of sp³-hybridized carbons (Fsp3) is 0. The summed E-state index contributed by atoms with van der Waals surface area (Å²) in [4.78, 5) is 25.9. The second-order valence-corrected chi connectivity index (χ2v) is 2.27. The first-order valence-electron chi connectivity index (χ1n) is 1.87. The van der Waals surface area contributed by atoms with E-state index in [2.05, 4.69) is 11.1 Å². The third kappa shape index (κ3) is 7.32. The molecule has 0 aliphatic carbocycles. The van der Waals surface area contributed by atoms with E-state index in [0.29, 0.717) is 6.08 Å². The van der Waals surface area contributed by atoms with Crippen molar-refractivity contribution in [3.8, 4) is 0 Å². The van der Waals surface area contributed by atoms with Crippen molar-refractivity contribution in [1.82, 2.24) is 0 Å². The number of hydrogen-bond donors (Lipinski definition) is 2. The monoisotopic (exact) mass is 170 g/mol. The summed E-state index contributed by atoms with van der Waals surface area (Å²) in [5.41, 5.74) is 0. The number of carbonyl (C=O) groups excluding carboxylic acids is 1. The van der Waals surface area contributed by atoms with Gasteiger partial charge in [-0.15, -0.1) is 0 Å². The predicted octanol–water partition coefficient (Wildman–Crippen LogP) is -1.02. The molecule has 0 saturated heterocycles. The zero-order chi connectivity index (χ0) is 7.49. The Morgan fingerprint density at radius 2 is 2.00 bits per heavy atom. The van der Waals surface area contributed by atoms with Gasteiger partial charge in [-0.1, -0.05) is 6.58 Å². The van der Waals surface area contributed by atoms with E-state index < -0.39 is 13.8 Å². The summed E-state index contributed by atoms with van der Waals surface area (Å²) in [7, 11) is -4.66. The minimum Gasteiger partial charge on any atom is -0.412 e. The molecule has 0 amide bonds. The molecule has 0 unspecified atom stereocenters. The van der Waals surface area contributed by atoms with Gasteiger partial charge in [0.25, 0.3) is 0 Å². The van der Waals surface area contributed by atoms with Crippen molar-refractivity contribution in [1.29, 1.82) is 0 Å². The Balaban J connectivity index is 0. The first-order chi connectivity index (χ1) is 3.95. The quantitative estimate of drug-likeness (QED) is 0.406. The summed E-state index contributed by atoms with van der Waals surface area (Å²) in [5.74, 6) is -1.14. The van der Waals surface area contributed by atoms with E-state index in [1.54, 1.807) is 0 Å². The summed E-state index contributed by atoms with van der Waals surface area (Å²) in [5, 5.41) is 0. The molecule has 0 fully saturated rings. The molecule has 0 aromatic rings. The molecule has 0 aliphatic heterocycles. The largest absolute Gasteiger partial charge is 0.527 e. The maximum absolute atomic E-state index is 9.99. The van der Waals surface area contributed by atoms with Crippen LogP contribution >= 0.6 is 7.82 Å². The van der Waals surface area contributed by atoms with Crippen LogP contribution in [0.5, 0.6) is 0 Å². The van der Waals surface area contributed by atoms with Crippen LogP contribution < -0.4 is 0 Å². The van der Waals surface area contributed by atoms with Crippen LogP contribution in [0.25, 0.3) is 0 Å². The van der Waals surface area contributed by atoms with Gasteiger partial charge in [0.1, 0.15) is 0 Å². The average molecular weight is 170 g/mol. The van der Waals surface area contributed by atoms with Gasteiger partial charge < -0.3 is 10.00 Å². The standard InChI is InChI=1S/C3H5O5P.H2O/c1-2-3(4)8-9(5,6)7;/h2H,1H2,(H2,5,6,7);1H2. The minimum atomic E-state index is -4.66. The molecule has 0 saturated carbocycles. The highest BCUT2D eigenvalue weighted by molar-refractivity contribution is 7.46. The average Bonchev–Trinajstić information content (AvgIpc) is 1.62. The fourth-order valence-electron chi connectivity index (χ4n) is 0.154. The third-order valence-electron chi connectivity index (χ3n) is 0.376. The van der Waals surface area contributed by atoms with Gasteiger partial charge in [0, 0.05) is 6.08 Å². The molecule has 0 spiro atoms. The van der Waals surface area contributed by atoms with Crippen LogP contribution in [0.1, 0.15) is 0 Å². The van der Waals surface area contributed by atoms with Crippen LogP contribution in [0.15, 0.2) is 12.7 Å². The molecule has 7 heteroatoms. The SMILES string of the molecule is C=CC(=O)OP(=O)(O)O.O. The van der Waals surface area contributed by atoms with E-state index in [1.807, 2.05) is 0 Å². The molecule has 10 heavy (non-hydrogen) atoms. The van der Waals surface area contributed by atoms with Crippen LogP contribution in [-0.4, -0.2) is 21.2 Å². The number of rotatable bonds is 2. The lowest BCUT2D eigenvalue weighted by molar-refractivity contribution is -0.130. The van der Waals surface area contributed by atoms with Gasteiger partial charge in [-0.25, -0.2) is 9.36 Å². The van der Waals surface area contributed by atoms with Crippen molar-refractivity contribution in [2.45, 2.75) is 0 Å². The van der Waals surface area contributed by atoms with E-state index >= 15 is 0 Å². The highest BCUT2D eigenvalue weighted by atomic mass is 31.2. The molecule has 0 aromatic carbocycles. The van der Waals surface area contributed by atoms with Crippen molar-refractivity contribution >= 4 is 13.8 Å². The van der Waals surface area contributed by atoms with Gasteiger partial charge >= 0.3 is 13.8 Å². The maximum Gasteiger partial charge on any atom is 0.527 e. The molecule has 0 heterocycles.